The standard InChI is InChI=1S/C14H26O/c1-9(2)12(5)14(15)13-7-10(3)6-11(4)8-13/h9-13H,6-8H2,1-5H3. The highest BCUT2D eigenvalue weighted by Crippen LogP contribution is 2.35. The van der Waals surface area contributed by atoms with Crippen molar-refractivity contribution < 1.29 is 4.79 Å². The van der Waals surface area contributed by atoms with Crippen LogP contribution < -0.4 is 0 Å². The number of hydrogen-bond donors (Lipinski definition) is 0. The molecule has 1 fully saturated rings. The molecule has 1 aliphatic rings. The van der Waals surface area contributed by atoms with E-state index >= 15 is 0 Å². The Morgan fingerprint density at radius 3 is 1.87 bits per heavy atom. The molecule has 1 heteroatoms. The molecular weight excluding hydrogens is 184 g/mol. The third kappa shape index (κ3) is 3.32. The Kier molecular flexibility index (Phi) is 4.36. The van der Waals surface area contributed by atoms with Crippen LogP contribution in [0.1, 0.15) is 53.9 Å². The van der Waals surface area contributed by atoms with Crippen molar-refractivity contribution in [2.45, 2.75) is 53.9 Å². The summed E-state index contributed by atoms with van der Waals surface area (Å²) in [4.78, 5) is 12.2. The Balaban J connectivity index is 2.59. The quantitative estimate of drug-likeness (QED) is 0.690. The van der Waals surface area contributed by atoms with E-state index in [-0.39, 0.29) is 5.92 Å². The minimum atomic E-state index is 0.243. The molecular formula is C14H26O. The summed E-state index contributed by atoms with van der Waals surface area (Å²) in [6.45, 7) is 11.0. The number of carbonyl (C=O) groups is 1. The second-order valence-electron chi connectivity index (χ2n) is 6.05. The van der Waals surface area contributed by atoms with Crippen LogP contribution >= 0.6 is 0 Å². The van der Waals surface area contributed by atoms with Gasteiger partial charge in [0.15, 0.2) is 0 Å². The SMILES string of the molecule is CC1CC(C)CC(C(=O)C(C)C(C)C)C1. The maximum Gasteiger partial charge on any atom is 0.139 e. The van der Waals surface area contributed by atoms with E-state index in [0.29, 0.717) is 17.6 Å². The summed E-state index contributed by atoms with van der Waals surface area (Å²) in [6.07, 6.45) is 3.56. The monoisotopic (exact) mass is 210 g/mol. The Labute approximate surface area is 94.6 Å². The summed E-state index contributed by atoms with van der Waals surface area (Å²) < 4.78 is 0. The van der Waals surface area contributed by atoms with Crippen molar-refractivity contribution in [2.75, 3.05) is 0 Å². The van der Waals surface area contributed by atoms with Crippen molar-refractivity contribution in [3.8, 4) is 0 Å². The van der Waals surface area contributed by atoms with Gasteiger partial charge in [-0.05, 0) is 37.0 Å². The lowest BCUT2D eigenvalue weighted by molar-refractivity contribution is -0.129. The van der Waals surface area contributed by atoms with Gasteiger partial charge in [0, 0.05) is 11.8 Å². The summed E-state index contributed by atoms with van der Waals surface area (Å²) in [6, 6.07) is 0. The zero-order valence-corrected chi connectivity index (χ0v) is 10.9. The van der Waals surface area contributed by atoms with E-state index in [4.69, 9.17) is 0 Å². The second-order valence-corrected chi connectivity index (χ2v) is 6.05. The summed E-state index contributed by atoms with van der Waals surface area (Å²) in [5.41, 5.74) is 0. The van der Waals surface area contributed by atoms with Gasteiger partial charge in [0.1, 0.15) is 5.78 Å². The average molecular weight is 210 g/mol. The molecule has 1 nitrogen and oxygen atoms in total. The Morgan fingerprint density at radius 1 is 1.00 bits per heavy atom. The van der Waals surface area contributed by atoms with Crippen molar-refractivity contribution >= 4 is 5.78 Å². The summed E-state index contributed by atoms with van der Waals surface area (Å²) in [7, 11) is 0. The number of hydrogen-bond acceptors (Lipinski definition) is 1. The van der Waals surface area contributed by atoms with Gasteiger partial charge in [-0.3, -0.25) is 4.79 Å². The number of ketones is 1. The fourth-order valence-corrected chi connectivity index (χ4v) is 2.88. The fraction of sp³-hybridized carbons (Fsp3) is 0.929. The van der Waals surface area contributed by atoms with Crippen molar-refractivity contribution in [3.63, 3.8) is 0 Å². The first-order chi connectivity index (χ1) is 6.91. The highest BCUT2D eigenvalue weighted by atomic mass is 16.1. The normalized spacial score (nSPS) is 34.1. The third-order valence-corrected chi connectivity index (χ3v) is 4.03. The van der Waals surface area contributed by atoms with Crippen LogP contribution in [-0.4, -0.2) is 5.78 Å². The largest absolute Gasteiger partial charge is 0.299 e. The van der Waals surface area contributed by atoms with Crippen molar-refractivity contribution in [1.29, 1.82) is 0 Å². The van der Waals surface area contributed by atoms with E-state index in [1.54, 1.807) is 0 Å². The van der Waals surface area contributed by atoms with E-state index in [9.17, 15) is 4.79 Å². The molecule has 0 spiro atoms. The first kappa shape index (κ1) is 12.7. The maximum absolute atomic E-state index is 12.2. The van der Waals surface area contributed by atoms with E-state index in [2.05, 4.69) is 34.6 Å². The molecule has 0 amide bonds. The van der Waals surface area contributed by atoms with Gasteiger partial charge in [-0.2, -0.15) is 0 Å². The fourth-order valence-electron chi connectivity index (χ4n) is 2.88. The van der Waals surface area contributed by atoms with E-state index in [1.807, 2.05) is 0 Å². The molecule has 0 aromatic heterocycles. The molecule has 88 valence electrons. The van der Waals surface area contributed by atoms with Crippen LogP contribution in [0.4, 0.5) is 0 Å². The molecule has 15 heavy (non-hydrogen) atoms. The molecule has 0 bridgehead atoms. The number of Topliss-reactive ketones (excluding diaryl/α,β-unsaturated/α-hetero) is 1. The summed E-state index contributed by atoms with van der Waals surface area (Å²) in [5.74, 6) is 3.08. The molecule has 0 saturated heterocycles. The maximum atomic E-state index is 12.2. The Morgan fingerprint density at radius 2 is 1.47 bits per heavy atom. The van der Waals surface area contributed by atoms with E-state index in [1.165, 1.54) is 6.42 Å². The van der Waals surface area contributed by atoms with Crippen LogP contribution in [0.2, 0.25) is 0 Å². The van der Waals surface area contributed by atoms with Crippen LogP contribution in [0.25, 0.3) is 0 Å². The molecule has 1 aliphatic carbocycles. The van der Waals surface area contributed by atoms with E-state index < -0.39 is 0 Å². The zero-order chi connectivity index (χ0) is 11.6. The van der Waals surface area contributed by atoms with Crippen LogP contribution in [0.5, 0.6) is 0 Å². The van der Waals surface area contributed by atoms with Gasteiger partial charge < -0.3 is 0 Å². The first-order valence-corrected chi connectivity index (χ1v) is 6.45. The lowest BCUT2D eigenvalue weighted by Gasteiger charge is -2.32. The van der Waals surface area contributed by atoms with Gasteiger partial charge in [0.05, 0.1) is 0 Å². The molecule has 0 aromatic carbocycles. The number of rotatable bonds is 3. The highest BCUT2D eigenvalue weighted by Gasteiger charge is 2.31. The second kappa shape index (κ2) is 5.14. The minimum Gasteiger partial charge on any atom is -0.299 e. The van der Waals surface area contributed by atoms with Crippen molar-refractivity contribution in [1.82, 2.24) is 0 Å². The van der Waals surface area contributed by atoms with Crippen LogP contribution in [0.15, 0.2) is 0 Å². The first-order valence-electron chi connectivity index (χ1n) is 6.45. The molecule has 3 unspecified atom stereocenters. The van der Waals surface area contributed by atoms with Crippen molar-refractivity contribution in [2.24, 2.45) is 29.6 Å². The van der Waals surface area contributed by atoms with Crippen molar-refractivity contribution in [3.05, 3.63) is 0 Å². The van der Waals surface area contributed by atoms with E-state index in [0.717, 1.165) is 24.7 Å². The third-order valence-electron chi connectivity index (χ3n) is 4.03. The van der Waals surface area contributed by atoms with Gasteiger partial charge in [0.2, 0.25) is 0 Å². The van der Waals surface area contributed by atoms with Crippen LogP contribution in [-0.2, 0) is 4.79 Å². The summed E-state index contributed by atoms with van der Waals surface area (Å²) in [5, 5.41) is 0. The highest BCUT2D eigenvalue weighted by molar-refractivity contribution is 5.83. The van der Waals surface area contributed by atoms with Gasteiger partial charge in [0.25, 0.3) is 0 Å². The zero-order valence-electron chi connectivity index (χ0n) is 10.9. The topological polar surface area (TPSA) is 17.1 Å². The molecule has 0 radical (unpaired) electrons. The van der Waals surface area contributed by atoms with Gasteiger partial charge >= 0.3 is 0 Å². The lowest BCUT2D eigenvalue weighted by atomic mass is 9.72. The average Bonchev–Trinajstić information content (AvgIpc) is 2.13. The molecule has 0 N–H and O–H groups in total. The van der Waals surface area contributed by atoms with Gasteiger partial charge in [-0.1, -0.05) is 34.6 Å². The van der Waals surface area contributed by atoms with Gasteiger partial charge in [-0.25, -0.2) is 0 Å². The number of carbonyl (C=O) groups excluding carboxylic acids is 1. The predicted molar refractivity (Wildman–Crippen MR) is 64.7 cm³/mol. The molecule has 0 aromatic rings. The van der Waals surface area contributed by atoms with Crippen LogP contribution in [0.3, 0.4) is 0 Å². The molecule has 3 atom stereocenters. The molecule has 0 aliphatic heterocycles. The molecule has 1 saturated carbocycles. The Hall–Kier alpha value is -0.330. The lowest BCUT2D eigenvalue weighted by Crippen LogP contribution is -2.31. The predicted octanol–water partition coefficient (Wildman–Crippen LogP) is 3.92. The summed E-state index contributed by atoms with van der Waals surface area (Å²) >= 11 is 0. The minimum absolute atomic E-state index is 0.243. The van der Waals surface area contributed by atoms with Crippen LogP contribution in [0, 0.1) is 29.6 Å². The van der Waals surface area contributed by atoms with Gasteiger partial charge in [-0.15, -0.1) is 0 Å². The molecule has 0 heterocycles. The molecule has 1 rings (SSSR count). The smallest absolute Gasteiger partial charge is 0.139 e. The Bertz CT molecular complexity index is 209.